The molecule has 17 heavy (non-hydrogen) atoms. The molecule has 4 nitrogen and oxygen atoms in total. The molecule has 0 heterocycles. The van der Waals surface area contributed by atoms with Gasteiger partial charge in [-0.15, -0.1) is 0 Å². The molecule has 0 amide bonds. The van der Waals surface area contributed by atoms with E-state index in [4.69, 9.17) is 4.74 Å². The molecular formula is C13H30N2O2. The average molecular weight is 246 g/mol. The van der Waals surface area contributed by atoms with Gasteiger partial charge in [-0.2, -0.15) is 0 Å². The van der Waals surface area contributed by atoms with E-state index in [1.165, 1.54) is 13.0 Å². The van der Waals surface area contributed by atoms with Crippen molar-refractivity contribution in [1.82, 2.24) is 10.2 Å². The zero-order valence-electron chi connectivity index (χ0n) is 11.9. The Bertz CT molecular complexity index is 163. The van der Waals surface area contributed by atoms with Gasteiger partial charge in [0.1, 0.15) is 0 Å². The third-order valence-electron chi connectivity index (χ3n) is 3.07. The van der Waals surface area contributed by atoms with Crippen molar-refractivity contribution in [2.75, 3.05) is 39.9 Å². The van der Waals surface area contributed by atoms with Gasteiger partial charge in [0.15, 0.2) is 0 Å². The number of aliphatic hydroxyl groups is 1. The lowest BCUT2D eigenvalue weighted by Gasteiger charge is -2.20. The monoisotopic (exact) mass is 246 g/mol. The maximum absolute atomic E-state index is 9.49. The van der Waals surface area contributed by atoms with Crippen LogP contribution in [0.15, 0.2) is 0 Å². The molecule has 0 radical (unpaired) electrons. The lowest BCUT2D eigenvalue weighted by molar-refractivity contribution is 0.0628. The normalized spacial score (nSPS) is 15.2. The number of nitrogens with one attached hydrogen (secondary N) is 1. The van der Waals surface area contributed by atoms with Crippen molar-refractivity contribution in [3.05, 3.63) is 0 Å². The van der Waals surface area contributed by atoms with Gasteiger partial charge in [0.05, 0.1) is 12.7 Å². The van der Waals surface area contributed by atoms with Gasteiger partial charge in [0.2, 0.25) is 0 Å². The topological polar surface area (TPSA) is 44.7 Å². The maximum atomic E-state index is 9.49. The second-order valence-corrected chi connectivity index (χ2v) is 4.59. The molecule has 0 fully saturated rings. The summed E-state index contributed by atoms with van der Waals surface area (Å²) in [6, 6.07) is 0.456. The second-order valence-electron chi connectivity index (χ2n) is 4.59. The Morgan fingerprint density at radius 2 is 1.94 bits per heavy atom. The molecule has 2 N–H and O–H groups in total. The van der Waals surface area contributed by atoms with Crippen LogP contribution in [0.5, 0.6) is 0 Å². The number of hydrogen-bond acceptors (Lipinski definition) is 4. The summed E-state index contributed by atoms with van der Waals surface area (Å²) in [5, 5.41) is 12.8. The summed E-state index contributed by atoms with van der Waals surface area (Å²) in [5.41, 5.74) is 0. The van der Waals surface area contributed by atoms with Gasteiger partial charge in [-0.05, 0) is 39.4 Å². The van der Waals surface area contributed by atoms with Crippen molar-refractivity contribution < 1.29 is 9.84 Å². The van der Waals surface area contributed by atoms with Crippen molar-refractivity contribution in [1.29, 1.82) is 0 Å². The Morgan fingerprint density at radius 3 is 2.47 bits per heavy atom. The van der Waals surface area contributed by atoms with Crippen LogP contribution in [-0.2, 0) is 4.74 Å². The molecule has 0 aliphatic heterocycles. The van der Waals surface area contributed by atoms with E-state index in [1.807, 2.05) is 0 Å². The zero-order valence-corrected chi connectivity index (χ0v) is 11.9. The minimum Gasteiger partial charge on any atom is -0.389 e. The number of methoxy groups -OCH3 is 1. The van der Waals surface area contributed by atoms with E-state index in [1.54, 1.807) is 7.11 Å². The minimum atomic E-state index is -0.398. The third-order valence-corrected chi connectivity index (χ3v) is 3.07. The number of nitrogens with zero attached hydrogens (tertiary/aromatic N) is 1. The summed E-state index contributed by atoms with van der Waals surface area (Å²) in [5.74, 6) is 0. The van der Waals surface area contributed by atoms with E-state index in [0.717, 1.165) is 19.5 Å². The van der Waals surface area contributed by atoms with Crippen molar-refractivity contribution in [3.8, 4) is 0 Å². The summed E-state index contributed by atoms with van der Waals surface area (Å²) < 4.78 is 4.88. The first-order valence-electron chi connectivity index (χ1n) is 6.76. The van der Waals surface area contributed by atoms with Gasteiger partial charge in [-0.1, -0.05) is 13.8 Å². The van der Waals surface area contributed by atoms with Crippen LogP contribution in [0.3, 0.4) is 0 Å². The Morgan fingerprint density at radius 1 is 1.29 bits per heavy atom. The summed E-state index contributed by atoms with van der Waals surface area (Å²) in [4.78, 5) is 2.44. The Labute approximate surface area is 106 Å². The lowest BCUT2D eigenvalue weighted by Crippen LogP contribution is -2.36. The number of aliphatic hydroxyl groups excluding tert-OH is 1. The van der Waals surface area contributed by atoms with Crippen LogP contribution >= 0.6 is 0 Å². The largest absolute Gasteiger partial charge is 0.389 e. The van der Waals surface area contributed by atoms with Crippen molar-refractivity contribution in [2.45, 2.75) is 45.8 Å². The van der Waals surface area contributed by atoms with Crippen LogP contribution in [0.1, 0.15) is 33.6 Å². The van der Waals surface area contributed by atoms with Gasteiger partial charge in [-0.25, -0.2) is 0 Å². The Kier molecular flexibility index (Phi) is 10.9. The highest BCUT2D eigenvalue weighted by Gasteiger charge is 2.07. The minimum absolute atomic E-state index is 0.398. The van der Waals surface area contributed by atoms with Crippen LogP contribution in [-0.4, -0.2) is 62.0 Å². The van der Waals surface area contributed by atoms with Crippen LogP contribution in [0, 0.1) is 0 Å². The molecule has 2 atom stereocenters. The highest BCUT2D eigenvalue weighted by molar-refractivity contribution is 4.66. The van der Waals surface area contributed by atoms with Crippen LogP contribution in [0.4, 0.5) is 0 Å². The molecule has 0 spiro atoms. The molecular weight excluding hydrogens is 216 g/mol. The fourth-order valence-corrected chi connectivity index (χ4v) is 1.85. The quantitative estimate of drug-likeness (QED) is 0.573. The molecule has 0 aromatic carbocycles. The second kappa shape index (κ2) is 11.0. The molecule has 0 saturated heterocycles. The molecule has 0 rings (SSSR count). The van der Waals surface area contributed by atoms with Crippen molar-refractivity contribution >= 4 is 0 Å². The standard InChI is InChI=1S/C13H30N2O2/c1-5-15(6-2)9-7-8-12(3)14-10-13(16)11-17-4/h12-14,16H,5-11H2,1-4H3. The summed E-state index contributed by atoms with van der Waals surface area (Å²) in [7, 11) is 1.61. The number of rotatable bonds is 11. The third kappa shape index (κ3) is 9.53. The van der Waals surface area contributed by atoms with E-state index in [-0.39, 0.29) is 0 Å². The first-order chi connectivity index (χ1) is 8.13. The van der Waals surface area contributed by atoms with E-state index in [2.05, 4.69) is 31.0 Å². The molecule has 0 aliphatic carbocycles. The number of ether oxygens (including phenoxy) is 1. The van der Waals surface area contributed by atoms with Crippen LogP contribution in [0.25, 0.3) is 0 Å². The van der Waals surface area contributed by atoms with E-state index >= 15 is 0 Å². The van der Waals surface area contributed by atoms with Crippen molar-refractivity contribution in [3.63, 3.8) is 0 Å². The predicted octanol–water partition coefficient (Wildman–Crippen LogP) is 1.09. The first kappa shape index (κ1) is 16.8. The Balaban J connectivity index is 3.48. The highest BCUT2D eigenvalue weighted by atomic mass is 16.5. The van der Waals surface area contributed by atoms with E-state index in [9.17, 15) is 5.11 Å². The average Bonchev–Trinajstić information content (AvgIpc) is 2.32. The summed E-state index contributed by atoms with van der Waals surface area (Å²) in [6.07, 6.45) is 1.96. The fraction of sp³-hybridized carbons (Fsp3) is 1.00. The molecule has 0 saturated carbocycles. The molecule has 4 heteroatoms. The summed E-state index contributed by atoms with van der Waals surface area (Å²) in [6.45, 7) is 11.0. The van der Waals surface area contributed by atoms with Crippen LogP contribution in [0.2, 0.25) is 0 Å². The van der Waals surface area contributed by atoms with Gasteiger partial charge in [0.25, 0.3) is 0 Å². The molecule has 2 unspecified atom stereocenters. The molecule has 0 bridgehead atoms. The first-order valence-corrected chi connectivity index (χ1v) is 6.76. The maximum Gasteiger partial charge on any atom is 0.0897 e. The Hall–Kier alpha value is -0.160. The molecule has 0 aromatic heterocycles. The van der Waals surface area contributed by atoms with Gasteiger partial charge in [-0.3, -0.25) is 0 Å². The SMILES string of the molecule is CCN(CC)CCCC(C)NCC(O)COC. The fourth-order valence-electron chi connectivity index (χ4n) is 1.85. The van der Waals surface area contributed by atoms with E-state index < -0.39 is 6.10 Å². The number of hydrogen-bond donors (Lipinski definition) is 2. The van der Waals surface area contributed by atoms with Gasteiger partial charge in [0, 0.05) is 19.7 Å². The van der Waals surface area contributed by atoms with Gasteiger partial charge >= 0.3 is 0 Å². The van der Waals surface area contributed by atoms with Gasteiger partial charge < -0.3 is 20.1 Å². The molecule has 104 valence electrons. The summed E-state index contributed by atoms with van der Waals surface area (Å²) >= 11 is 0. The molecule has 0 aromatic rings. The highest BCUT2D eigenvalue weighted by Crippen LogP contribution is 1.99. The van der Waals surface area contributed by atoms with Crippen LogP contribution < -0.4 is 5.32 Å². The smallest absolute Gasteiger partial charge is 0.0897 e. The van der Waals surface area contributed by atoms with Crippen molar-refractivity contribution in [2.24, 2.45) is 0 Å². The predicted molar refractivity (Wildman–Crippen MR) is 72.4 cm³/mol. The lowest BCUT2D eigenvalue weighted by atomic mass is 10.1. The zero-order chi connectivity index (χ0) is 13.1. The van der Waals surface area contributed by atoms with E-state index in [0.29, 0.717) is 19.2 Å². The molecule has 0 aliphatic rings.